The molecule has 0 aromatic carbocycles. The van der Waals surface area contributed by atoms with E-state index in [9.17, 15) is 60.3 Å². The van der Waals surface area contributed by atoms with Gasteiger partial charge in [0.15, 0.2) is 25.0 Å². The van der Waals surface area contributed by atoms with E-state index >= 15 is 0 Å². The van der Waals surface area contributed by atoms with E-state index in [2.05, 4.69) is 10.6 Å². The Labute approximate surface area is 232 Å². The number of nitrogens with one attached hydrogen (secondary N) is 2. The Morgan fingerprint density at radius 3 is 1.73 bits per heavy atom. The van der Waals surface area contributed by atoms with E-state index in [-0.39, 0.29) is 0 Å². The van der Waals surface area contributed by atoms with E-state index in [1.165, 1.54) is 0 Å². The smallest absolute Gasteiger partial charge is 0.335 e. The summed E-state index contributed by atoms with van der Waals surface area (Å²) in [5.41, 5.74) is 0. The van der Waals surface area contributed by atoms with Gasteiger partial charge in [0.2, 0.25) is 11.8 Å². The fraction of sp³-hybridized carbons (Fsp3) is 0.864. The van der Waals surface area contributed by atoms with Crippen LogP contribution in [0.3, 0.4) is 0 Å². The number of carbonyl (C=O) groups excluding carboxylic acids is 2. The Bertz CT molecular complexity index is 927. The predicted molar refractivity (Wildman–Crippen MR) is 125 cm³/mol. The summed E-state index contributed by atoms with van der Waals surface area (Å²) in [7, 11) is 0. The minimum absolute atomic E-state index is 0.697. The van der Waals surface area contributed by atoms with Crippen LogP contribution < -0.4 is 10.6 Å². The molecular weight excluding hydrogens is 564 g/mol. The maximum Gasteiger partial charge on any atom is 0.335 e. The van der Waals surface area contributed by atoms with Crippen molar-refractivity contribution in [2.24, 2.45) is 0 Å². The molecule has 3 aliphatic rings. The van der Waals surface area contributed by atoms with Crippen molar-refractivity contribution in [3.63, 3.8) is 0 Å². The van der Waals surface area contributed by atoms with Crippen molar-refractivity contribution < 1.29 is 84.0 Å². The number of aliphatic carboxylic acids is 1. The first-order valence-corrected chi connectivity index (χ1v) is 12.6. The molecule has 3 rings (SSSR count). The number of aliphatic hydroxyl groups excluding tert-OH is 8. The fourth-order valence-corrected chi connectivity index (χ4v) is 4.83. The Kier molecular flexibility index (Phi) is 11.3. The summed E-state index contributed by atoms with van der Waals surface area (Å²) >= 11 is 0. The zero-order valence-electron chi connectivity index (χ0n) is 21.9. The number of rotatable bonds is 9. The van der Waals surface area contributed by atoms with Gasteiger partial charge >= 0.3 is 5.97 Å². The summed E-state index contributed by atoms with van der Waals surface area (Å²) in [4.78, 5) is 35.5. The fourth-order valence-electron chi connectivity index (χ4n) is 4.83. The van der Waals surface area contributed by atoms with Gasteiger partial charge in [-0.2, -0.15) is 0 Å². The third-order valence-electron chi connectivity index (χ3n) is 6.86. The number of aliphatic hydroxyl groups is 8. The van der Waals surface area contributed by atoms with Crippen molar-refractivity contribution in [3.8, 4) is 0 Å². The number of carboxylic acids is 1. The molecule has 41 heavy (non-hydrogen) atoms. The molecule has 0 aliphatic carbocycles. The highest BCUT2D eigenvalue weighted by Gasteiger charge is 2.55. The first kappa shape index (κ1) is 33.4. The Balaban J connectivity index is 1.86. The zero-order chi connectivity index (χ0) is 30.8. The molecule has 236 valence electrons. The molecule has 0 aromatic heterocycles. The van der Waals surface area contributed by atoms with Crippen LogP contribution in [0.1, 0.15) is 13.8 Å². The predicted octanol–water partition coefficient (Wildman–Crippen LogP) is -7.19. The number of carboxylic acid groups (broad SMARTS) is 1. The van der Waals surface area contributed by atoms with Gasteiger partial charge in [0.1, 0.15) is 67.0 Å². The second-order valence-corrected chi connectivity index (χ2v) is 9.84. The highest BCUT2D eigenvalue weighted by Crippen LogP contribution is 2.32. The molecule has 19 heteroatoms. The third kappa shape index (κ3) is 7.28. The maximum atomic E-state index is 12.1. The van der Waals surface area contributed by atoms with Gasteiger partial charge in [-0.15, -0.1) is 0 Å². The van der Waals surface area contributed by atoms with E-state index < -0.39 is 123 Å². The van der Waals surface area contributed by atoms with Crippen LogP contribution in [0.5, 0.6) is 0 Å². The Morgan fingerprint density at radius 2 is 1.20 bits per heavy atom. The van der Waals surface area contributed by atoms with Gasteiger partial charge in [-0.1, -0.05) is 0 Å². The molecule has 3 fully saturated rings. The molecule has 15 atom stereocenters. The molecule has 0 unspecified atom stereocenters. The zero-order valence-corrected chi connectivity index (χ0v) is 21.9. The van der Waals surface area contributed by atoms with Crippen LogP contribution in [0.4, 0.5) is 0 Å². The summed E-state index contributed by atoms with van der Waals surface area (Å²) in [5, 5.41) is 96.5. The quantitative estimate of drug-likeness (QED) is 0.117. The third-order valence-corrected chi connectivity index (χ3v) is 6.86. The summed E-state index contributed by atoms with van der Waals surface area (Å²) in [5.74, 6) is -3.16. The van der Waals surface area contributed by atoms with Crippen molar-refractivity contribution in [2.45, 2.75) is 106 Å². The SMILES string of the molecule is CC(=O)N[C@@H]1[C@H](O[C@@H]2[C@H](O)[C@@H](O)[C@@H](O[C@H]3[C@H](O)[C@@H](CO)O[C@@H](O)[C@@H]3NC(C)=O)O[C@@H]2C(=O)O)O[C@H](CO)[C@@H](O)[C@@H]1O. The van der Waals surface area contributed by atoms with Crippen LogP contribution in [0.25, 0.3) is 0 Å². The van der Waals surface area contributed by atoms with Gasteiger partial charge in [0.05, 0.1) is 13.2 Å². The van der Waals surface area contributed by atoms with Gasteiger partial charge in [0, 0.05) is 13.8 Å². The molecule has 0 saturated carbocycles. The van der Waals surface area contributed by atoms with Gasteiger partial charge in [-0.3, -0.25) is 9.59 Å². The van der Waals surface area contributed by atoms with Crippen LogP contribution in [0.15, 0.2) is 0 Å². The van der Waals surface area contributed by atoms with Crippen LogP contribution in [0, 0.1) is 0 Å². The van der Waals surface area contributed by atoms with Gasteiger partial charge in [-0.05, 0) is 0 Å². The van der Waals surface area contributed by atoms with Crippen LogP contribution in [0.2, 0.25) is 0 Å². The summed E-state index contributed by atoms with van der Waals surface area (Å²) in [6.45, 7) is 0.516. The molecule has 0 spiro atoms. The topological polar surface area (TPSA) is 303 Å². The molecule has 3 heterocycles. The summed E-state index contributed by atoms with van der Waals surface area (Å²) in [6, 6.07) is -3.02. The van der Waals surface area contributed by atoms with Crippen molar-refractivity contribution in [2.75, 3.05) is 13.2 Å². The van der Waals surface area contributed by atoms with Crippen LogP contribution in [-0.2, 0) is 38.1 Å². The largest absolute Gasteiger partial charge is 0.479 e. The first-order valence-electron chi connectivity index (χ1n) is 12.6. The molecule has 0 bridgehead atoms. The normalized spacial score (nSPS) is 45.1. The summed E-state index contributed by atoms with van der Waals surface area (Å²) in [6.07, 6.45) is -23.7. The standard InChI is InChI=1S/C22H36N2O17/c1-5(27)23-9-13(31)11(29)7(3-25)38-21(9)40-17-14(32)15(33)22(41-18(17)19(34)35)39-16-10(24-6(2)28)20(36)37-8(4-26)12(16)30/h7-18,20-22,25-26,29-33,36H,3-4H2,1-2H3,(H,23,27)(H,24,28)(H,34,35)/t7-,8-,9+,10-,11-,12-,13-,14-,15-,16-,17-,18+,20-,21+,22+/m1/s1. The van der Waals surface area contributed by atoms with Gasteiger partial charge < -0.3 is 80.3 Å². The first-order chi connectivity index (χ1) is 19.2. The Morgan fingerprint density at radius 1 is 0.659 bits per heavy atom. The lowest BCUT2D eigenvalue weighted by atomic mass is 9.94. The molecular formula is C22H36N2O17. The van der Waals surface area contributed by atoms with Gasteiger partial charge in [0.25, 0.3) is 0 Å². The monoisotopic (exact) mass is 600 g/mol. The van der Waals surface area contributed by atoms with Crippen LogP contribution >= 0.6 is 0 Å². The van der Waals surface area contributed by atoms with Gasteiger partial charge in [-0.25, -0.2) is 4.79 Å². The van der Waals surface area contributed by atoms with Crippen LogP contribution in [-0.4, -0.2) is 169 Å². The Hall–Kier alpha value is -2.11. The van der Waals surface area contributed by atoms with Crippen molar-refractivity contribution in [3.05, 3.63) is 0 Å². The minimum atomic E-state index is -2.14. The molecule has 2 amide bonds. The molecule has 3 saturated heterocycles. The lowest BCUT2D eigenvalue weighted by Crippen LogP contribution is -2.69. The lowest BCUT2D eigenvalue weighted by Gasteiger charge is -2.48. The average Bonchev–Trinajstić information content (AvgIpc) is 2.90. The minimum Gasteiger partial charge on any atom is -0.479 e. The second-order valence-electron chi connectivity index (χ2n) is 9.84. The van der Waals surface area contributed by atoms with Crippen molar-refractivity contribution in [1.82, 2.24) is 10.6 Å². The van der Waals surface area contributed by atoms with E-state index in [1.54, 1.807) is 0 Å². The summed E-state index contributed by atoms with van der Waals surface area (Å²) < 4.78 is 26.9. The van der Waals surface area contributed by atoms with E-state index in [0.29, 0.717) is 0 Å². The molecule has 0 radical (unpaired) electrons. The average molecular weight is 601 g/mol. The highest BCUT2D eigenvalue weighted by molar-refractivity contribution is 5.74. The number of hydrogen-bond donors (Lipinski definition) is 11. The van der Waals surface area contributed by atoms with E-state index in [0.717, 1.165) is 13.8 Å². The lowest BCUT2D eigenvalue weighted by molar-refractivity contribution is -0.359. The second kappa shape index (κ2) is 13.9. The van der Waals surface area contributed by atoms with E-state index in [4.69, 9.17) is 23.7 Å². The van der Waals surface area contributed by atoms with Crippen molar-refractivity contribution >= 4 is 17.8 Å². The molecule has 0 aromatic rings. The number of ether oxygens (including phenoxy) is 5. The molecule has 11 N–H and O–H groups in total. The number of amides is 2. The number of carbonyl (C=O) groups is 3. The van der Waals surface area contributed by atoms with Crippen molar-refractivity contribution in [1.29, 1.82) is 0 Å². The molecule has 19 nitrogen and oxygen atoms in total. The maximum absolute atomic E-state index is 12.1. The van der Waals surface area contributed by atoms with E-state index in [1.807, 2.05) is 0 Å². The molecule has 3 aliphatic heterocycles. The highest BCUT2D eigenvalue weighted by atomic mass is 16.7. The number of hydrogen-bond acceptors (Lipinski definition) is 16.